The van der Waals surface area contributed by atoms with E-state index in [-0.39, 0.29) is 6.03 Å². The molecule has 2 aliphatic heterocycles. The molecule has 0 aromatic carbocycles. The van der Waals surface area contributed by atoms with E-state index in [4.69, 9.17) is 0 Å². The second-order valence-electron chi connectivity index (χ2n) is 5.90. The maximum absolute atomic E-state index is 12.1. The first-order chi connectivity index (χ1) is 10.1. The van der Waals surface area contributed by atoms with E-state index < -0.39 is 0 Å². The lowest BCUT2D eigenvalue weighted by molar-refractivity contribution is -0.131. The van der Waals surface area contributed by atoms with Crippen molar-refractivity contribution < 1.29 is 9.59 Å². The number of carbonyl (C=O) groups is 2. The fourth-order valence-electron chi connectivity index (χ4n) is 2.97. The monoisotopic (exact) mass is 357 g/mol. The third-order valence-corrected chi connectivity index (χ3v) is 4.54. The Balaban J connectivity index is 1.69. The number of hydrogen-bond acceptors (Lipinski definition) is 2. The van der Waals surface area contributed by atoms with Crippen LogP contribution >= 0.6 is 15.9 Å². The summed E-state index contributed by atoms with van der Waals surface area (Å²) in [4.78, 5) is 27.9. The highest BCUT2D eigenvalue weighted by molar-refractivity contribution is 9.11. The van der Waals surface area contributed by atoms with Gasteiger partial charge in [0, 0.05) is 37.1 Å². The van der Waals surface area contributed by atoms with Gasteiger partial charge in [-0.15, -0.1) is 0 Å². The number of hydrogen-bond donors (Lipinski definition) is 1. The van der Waals surface area contributed by atoms with Crippen LogP contribution in [0.3, 0.4) is 0 Å². The Bertz CT molecular complexity index is 400. The Morgan fingerprint density at radius 1 is 1.10 bits per heavy atom. The number of piperidine rings is 1. The fraction of sp³-hybridized carbons (Fsp3) is 0.733. The minimum atomic E-state index is -0.0417. The molecular weight excluding hydrogens is 334 g/mol. The van der Waals surface area contributed by atoms with Crippen LogP contribution in [-0.4, -0.2) is 54.5 Å². The van der Waals surface area contributed by atoms with Crippen molar-refractivity contribution in [3.63, 3.8) is 0 Å². The van der Waals surface area contributed by atoms with Crippen LogP contribution in [0.2, 0.25) is 0 Å². The highest BCUT2D eigenvalue weighted by Crippen LogP contribution is 2.22. The van der Waals surface area contributed by atoms with Crippen molar-refractivity contribution in [1.29, 1.82) is 0 Å². The Hall–Kier alpha value is -1.04. The Kier molecular flexibility index (Phi) is 6.08. The summed E-state index contributed by atoms with van der Waals surface area (Å²) < 4.78 is 0.766. The third kappa shape index (κ3) is 5.02. The van der Waals surface area contributed by atoms with Gasteiger partial charge in [0.2, 0.25) is 5.91 Å². The van der Waals surface area contributed by atoms with Crippen LogP contribution in [0, 0.1) is 5.92 Å². The molecule has 1 N–H and O–H groups in total. The molecule has 0 aliphatic carbocycles. The normalized spacial score (nSPS) is 19.7. The molecule has 0 unspecified atom stereocenters. The smallest absolute Gasteiger partial charge is 0.317 e. The Morgan fingerprint density at radius 2 is 1.71 bits per heavy atom. The van der Waals surface area contributed by atoms with E-state index in [0.29, 0.717) is 24.8 Å². The van der Waals surface area contributed by atoms with Gasteiger partial charge < -0.3 is 15.1 Å². The molecule has 0 aromatic rings. The first-order valence-electron chi connectivity index (χ1n) is 7.70. The zero-order valence-electron chi connectivity index (χ0n) is 12.4. The number of carbonyl (C=O) groups excluding carboxylic acids is 2. The van der Waals surface area contributed by atoms with E-state index in [1.807, 2.05) is 9.80 Å². The van der Waals surface area contributed by atoms with Crippen LogP contribution in [-0.2, 0) is 4.79 Å². The van der Waals surface area contributed by atoms with Crippen molar-refractivity contribution in [2.75, 3.05) is 32.7 Å². The predicted octanol–water partition coefficient (Wildman–Crippen LogP) is 2.33. The van der Waals surface area contributed by atoms with Crippen molar-refractivity contribution in [2.45, 2.75) is 32.1 Å². The quantitative estimate of drug-likeness (QED) is 0.839. The van der Waals surface area contributed by atoms with Crippen molar-refractivity contribution in [3.8, 4) is 0 Å². The SMILES string of the molecule is C=C(Br)CNC(=O)N1CCC(CC(=O)N2CCCC2)CC1. The summed E-state index contributed by atoms with van der Waals surface area (Å²) >= 11 is 3.23. The van der Waals surface area contributed by atoms with Gasteiger partial charge >= 0.3 is 6.03 Å². The molecule has 0 bridgehead atoms. The van der Waals surface area contributed by atoms with Crippen LogP contribution in [0.25, 0.3) is 0 Å². The lowest BCUT2D eigenvalue weighted by Crippen LogP contribution is -2.45. The molecular formula is C15H24BrN3O2. The van der Waals surface area contributed by atoms with E-state index in [2.05, 4.69) is 27.8 Å². The molecule has 2 aliphatic rings. The molecule has 2 rings (SSSR count). The van der Waals surface area contributed by atoms with Crippen molar-refractivity contribution in [1.82, 2.24) is 15.1 Å². The highest BCUT2D eigenvalue weighted by Gasteiger charge is 2.26. The van der Waals surface area contributed by atoms with Gasteiger partial charge in [-0.2, -0.15) is 0 Å². The minimum absolute atomic E-state index is 0.0417. The largest absolute Gasteiger partial charge is 0.343 e. The van der Waals surface area contributed by atoms with Gasteiger partial charge in [-0.05, 0) is 31.6 Å². The molecule has 2 fully saturated rings. The molecule has 0 radical (unpaired) electrons. The number of rotatable bonds is 4. The van der Waals surface area contributed by atoms with Gasteiger partial charge in [-0.25, -0.2) is 4.79 Å². The van der Waals surface area contributed by atoms with Gasteiger partial charge in [-0.3, -0.25) is 4.79 Å². The van der Waals surface area contributed by atoms with E-state index >= 15 is 0 Å². The fourth-order valence-corrected chi connectivity index (χ4v) is 3.11. The van der Waals surface area contributed by atoms with Gasteiger partial charge in [-0.1, -0.05) is 22.5 Å². The van der Waals surface area contributed by atoms with Crippen LogP contribution in [0.4, 0.5) is 4.79 Å². The lowest BCUT2D eigenvalue weighted by atomic mass is 9.93. The van der Waals surface area contributed by atoms with Crippen LogP contribution in [0.1, 0.15) is 32.1 Å². The van der Waals surface area contributed by atoms with E-state index in [9.17, 15) is 9.59 Å². The predicted molar refractivity (Wildman–Crippen MR) is 86.2 cm³/mol. The molecule has 2 heterocycles. The molecule has 5 nitrogen and oxygen atoms in total. The standard InChI is InChI=1S/C15H24BrN3O2/c1-12(16)11-17-15(21)19-8-4-13(5-9-19)10-14(20)18-6-2-3-7-18/h13H,1-11H2,(H,17,21). The number of urea groups is 1. The molecule has 3 amide bonds. The maximum atomic E-state index is 12.1. The number of halogens is 1. The van der Waals surface area contributed by atoms with Crippen LogP contribution < -0.4 is 5.32 Å². The first kappa shape index (κ1) is 16.3. The highest BCUT2D eigenvalue weighted by atomic mass is 79.9. The summed E-state index contributed by atoms with van der Waals surface area (Å²) in [6.07, 6.45) is 4.77. The molecule has 118 valence electrons. The zero-order chi connectivity index (χ0) is 15.2. The number of amides is 3. The lowest BCUT2D eigenvalue weighted by Gasteiger charge is -2.32. The van der Waals surface area contributed by atoms with E-state index in [0.717, 1.165) is 56.3 Å². The minimum Gasteiger partial charge on any atom is -0.343 e. The molecule has 2 saturated heterocycles. The molecule has 0 aromatic heterocycles. The van der Waals surface area contributed by atoms with Gasteiger partial charge in [0.15, 0.2) is 0 Å². The van der Waals surface area contributed by atoms with Crippen molar-refractivity contribution in [2.24, 2.45) is 5.92 Å². The van der Waals surface area contributed by atoms with E-state index in [1.54, 1.807) is 0 Å². The topological polar surface area (TPSA) is 52.7 Å². The van der Waals surface area contributed by atoms with E-state index in [1.165, 1.54) is 0 Å². The maximum Gasteiger partial charge on any atom is 0.317 e. The number of nitrogens with zero attached hydrogens (tertiary/aromatic N) is 2. The molecule has 0 saturated carbocycles. The second kappa shape index (κ2) is 7.82. The number of nitrogens with one attached hydrogen (secondary N) is 1. The average molecular weight is 358 g/mol. The van der Waals surface area contributed by atoms with Crippen LogP contribution in [0.15, 0.2) is 11.1 Å². The summed E-state index contributed by atoms with van der Waals surface area (Å²) in [6.45, 7) is 7.47. The zero-order valence-corrected chi connectivity index (χ0v) is 14.0. The Morgan fingerprint density at radius 3 is 2.29 bits per heavy atom. The summed E-state index contributed by atoms with van der Waals surface area (Å²) in [5.74, 6) is 0.722. The Labute approximate surface area is 134 Å². The summed E-state index contributed by atoms with van der Waals surface area (Å²) in [5, 5.41) is 2.82. The first-order valence-corrected chi connectivity index (χ1v) is 8.49. The summed E-state index contributed by atoms with van der Waals surface area (Å²) in [7, 11) is 0. The van der Waals surface area contributed by atoms with Crippen molar-refractivity contribution in [3.05, 3.63) is 11.1 Å². The van der Waals surface area contributed by atoms with Crippen LogP contribution in [0.5, 0.6) is 0 Å². The van der Waals surface area contributed by atoms with Gasteiger partial charge in [0.25, 0.3) is 0 Å². The van der Waals surface area contributed by atoms with Gasteiger partial charge in [0.05, 0.1) is 6.54 Å². The molecule has 0 atom stereocenters. The molecule has 6 heteroatoms. The molecule has 0 spiro atoms. The van der Waals surface area contributed by atoms with Gasteiger partial charge in [0.1, 0.15) is 0 Å². The average Bonchev–Trinajstić information content (AvgIpc) is 3.00. The third-order valence-electron chi connectivity index (χ3n) is 4.26. The summed E-state index contributed by atoms with van der Waals surface area (Å²) in [6, 6.07) is -0.0417. The van der Waals surface area contributed by atoms with Crippen molar-refractivity contribution >= 4 is 27.9 Å². The second-order valence-corrected chi connectivity index (χ2v) is 7.02. The summed E-state index contributed by atoms with van der Waals surface area (Å²) in [5.41, 5.74) is 0. The molecule has 21 heavy (non-hydrogen) atoms. The number of likely N-dealkylation sites (tertiary alicyclic amines) is 2.